The molecular weight excluding hydrogens is 568 g/mol. The van der Waals surface area contributed by atoms with Crippen LogP contribution in [0.2, 0.25) is 0 Å². The summed E-state index contributed by atoms with van der Waals surface area (Å²) >= 11 is 0. The Bertz CT molecular complexity index is 1360. The first-order valence-corrected chi connectivity index (χ1v) is 14.7. The molecule has 2 aliphatic rings. The smallest absolute Gasteiger partial charge is 0.244 e. The van der Waals surface area contributed by atoms with Crippen LogP contribution in [0, 0.1) is 5.92 Å². The van der Waals surface area contributed by atoms with Crippen LogP contribution in [0.3, 0.4) is 0 Å². The molecule has 4 atom stereocenters. The highest BCUT2D eigenvalue weighted by molar-refractivity contribution is 6.00. The Morgan fingerprint density at radius 1 is 0.750 bits per heavy atom. The summed E-state index contributed by atoms with van der Waals surface area (Å²) < 4.78 is 5.43. The van der Waals surface area contributed by atoms with Gasteiger partial charge in [-0.05, 0) is 42.9 Å². The molecule has 4 rings (SSSR count). The van der Waals surface area contributed by atoms with Crippen LogP contribution in [0.4, 0.5) is 0 Å². The van der Waals surface area contributed by atoms with E-state index in [1.807, 2.05) is 30.3 Å². The van der Waals surface area contributed by atoms with Crippen molar-refractivity contribution >= 4 is 35.4 Å². The minimum atomic E-state index is -1.13. The molecule has 13 heteroatoms. The number of hydrogen-bond donors (Lipinski definition) is 6. The molecule has 0 bridgehead atoms. The highest BCUT2D eigenvalue weighted by atomic mass is 16.3. The van der Waals surface area contributed by atoms with Gasteiger partial charge in [0.2, 0.25) is 35.4 Å². The lowest BCUT2D eigenvalue weighted by atomic mass is 10.0. The lowest BCUT2D eigenvalue weighted by Gasteiger charge is -2.25. The minimum absolute atomic E-state index is 0.00290. The number of nitrogens with one attached hydrogen (secondary N) is 5. The van der Waals surface area contributed by atoms with Crippen molar-refractivity contribution in [3.05, 3.63) is 72.2 Å². The molecule has 0 radical (unpaired) electrons. The van der Waals surface area contributed by atoms with Gasteiger partial charge in [-0.2, -0.15) is 0 Å². The number of furan rings is 1. The lowest BCUT2D eigenvalue weighted by molar-refractivity contribution is -0.133. The van der Waals surface area contributed by atoms with Gasteiger partial charge >= 0.3 is 0 Å². The SMILES string of the molecule is NC(=O)[C@@H]1CCCNC(=O)[C@H](Cc2ccccc2)NC(=O)[C@H](Cc2ccco2)NC(=O)[C@H](CC2CC2)NC(=O)/C=C/C(=O)N1. The molecule has 1 aromatic carbocycles. The fourth-order valence-electron chi connectivity index (χ4n) is 4.88. The Morgan fingerprint density at radius 2 is 1.41 bits per heavy atom. The zero-order chi connectivity index (χ0) is 31.5. The van der Waals surface area contributed by atoms with Crippen molar-refractivity contribution in [2.24, 2.45) is 11.7 Å². The molecule has 2 heterocycles. The van der Waals surface area contributed by atoms with Crippen molar-refractivity contribution in [3.8, 4) is 0 Å². The second-order valence-electron chi connectivity index (χ2n) is 11.1. The lowest BCUT2D eigenvalue weighted by Crippen LogP contribution is -2.57. The topological polar surface area (TPSA) is 202 Å². The number of rotatable bonds is 7. The van der Waals surface area contributed by atoms with Gasteiger partial charge in [-0.3, -0.25) is 28.8 Å². The van der Waals surface area contributed by atoms with E-state index in [4.69, 9.17) is 10.2 Å². The third-order valence-corrected chi connectivity index (χ3v) is 7.45. The third-order valence-electron chi connectivity index (χ3n) is 7.45. The number of carbonyl (C=O) groups excluding carboxylic acids is 6. The van der Waals surface area contributed by atoms with Crippen LogP contribution in [0.15, 0.2) is 65.3 Å². The maximum absolute atomic E-state index is 13.7. The molecule has 0 saturated heterocycles. The van der Waals surface area contributed by atoms with Crippen molar-refractivity contribution < 1.29 is 33.2 Å². The largest absolute Gasteiger partial charge is 0.469 e. The van der Waals surface area contributed by atoms with E-state index in [2.05, 4.69) is 26.6 Å². The van der Waals surface area contributed by atoms with E-state index in [1.54, 1.807) is 12.1 Å². The fraction of sp³-hybridized carbons (Fsp3) is 0.419. The third kappa shape index (κ3) is 10.1. The first kappa shape index (κ1) is 32.0. The maximum atomic E-state index is 13.7. The number of benzene rings is 1. The Hall–Kier alpha value is -4.94. The van der Waals surface area contributed by atoms with Crippen LogP contribution < -0.4 is 32.3 Å². The molecular formula is C31H38N6O7. The molecule has 0 unspecified atom stereocenters. The van der Waals surface area contributed by atoms with Gasteiger partial charge in [0.15, 0.2) is 0 Å². The van der Waals surface area contributed by atoms with Crippen LogP contribution in [0.5, 0.6) is 0 Å². The molecule has 7 N–H and O–H groups in total. The van der Waals surface area contributed by atoms with Gasteiger partial charge in [-0.15, -0.1) is 0 Å². The number of primary amides is 1. The van der Waals surface area contributed by atoms with Crippen LogP contribution in [0.1, 0.15) is 43.4 Å². The molecule has 44 heavy (non-hydrogen) atoms. The van der Waals surface area contributed by atoms with Crippen molar-refractivity contribution in [2.45, 2.75) is 69.1 Å². The predicted molar refractivity (Wildman–Crippen MR) is 158 cm³/mol. The van der Waals surface area contributed by atoms with Gasteiger partial charge in [-0.1, -0.05) is 43.2 Å². The quantitative estimate of drug-likeness (QED) is 0.249. The molecule has 2 aromatic rings. The molecule has 234 valence electrons. The Kier molecular flexibility index (Phi) is 11.3. The first-order chi connectivity index (χ1) is 21.2. The van der Waals surface area contributed by atoms with Crippen molar-refractivity contribution in [1.29, 1.82) is 0 Å². The number of carbonyl (C=O) groups is 6. The van der Waals surface area contributed by atoms with Gasteiger partial charge in [0.1, 0.15) is 29.9 Å². The average molecular weight is 607 g/mol. The van der Waals surface area contributed by atoms with Crippen molar-refractivity contribution in [3.63, 3.8) is 0 Å². The van der Waals surface area contributed by atoms with E-state index in [0.717, 1.165) is 30.6 Å². The Balaban J connectivity index is 1.61. The second-order valence-corrected chi connectivity index (χ2v) is 11.1. The van der Waals surface area contributed by atoms with E-state index < -0.39 is 59.6 Å². The summed E-state index contributed by atoms with van der Waals surface area (Å²) in [5, 5.41) is 13.4. The second kappa shape index (κ2) is 15.5. The van der Waals surface area contributed by atoms with Crippen molar-refractivity contribution in [2.75, 3.05) is 6.54 Å². The predicted octanol–water partition coefficient (Wildman–Crippen LogP) is -0.244. The molecule has 1 aliphatic heterocycles. The summed E-state index contributed by atoms with van der Waals surface area (Å²) in [6, 6.07) is 8.31. The van der Waals surface area contributed by atoms with E-state index >= 15 is 0 Å². The minimum Gasteiger partial charge on any atom is -0.469 e. The monoisotopic (exact) mass is 606 g/mol. The molecule has 1 aliphatic carbocycles. The maximum Gasteiger partial charge on any atom is 0.244 e. The van der Waals surface area contributed by atoms with Crippen LogP contribution in [-0.4, -0.2) is 66.2 Å². The van der Waals surface area contributed by atoms with Gasteiger partial charge in [-0.25, -0.2) is 0 Å². The van der Waals surface area contributed by atoms with Gasteiger partial charge in [0, 0.05) is 31.5 Å². The van der Waals surface area contributed by atoms with Gasteiger partial charge in [0.05, 0.1) is 6.26 Å². The van der Waals surface area contributed by atoms with E-state index in [0.29, 0.717) is 12.2 Å². The van der Waals surface area contributed by atoms with Crippen LogP contribution in [-0.2, 0) is 41.6 Å². The zero-order valence-electron chi connectivity index (χ0n) is 24.3. The highest BCUT2D eigenvalue weighted by Gasteiger charge is 2.34. The normalized spacial score (nSPS) is 25.1. The number of amides is 6. The summed E-state index contributed by atoms with van der Waals surface area (Å²) in [6.45, 7) is 0.132. The van der Waals surface area contributed by atoms with Crippen LogP contribution in [0.25, 0.3) is 0 Å². The Labute approximate surface area is 254 Å². The fourth-order valence-corrected chi connectivity index (χ4v) is 4.88. The molecule has 1 aromatic heterocycles. The van der Waals surface area contributed by atoms with Crippen molar-refractivity contribution in [1.82, 2.24) is 26.6 Å². The number of nitrogens with two attached hydrogens (primary N) is 1. The molecule has 6 amide bonds. The summed E-state index contributed by atoms with van der Waals surface area (Å²) in [5.41, 5.74) is 6.25. The van der Waals surface area contributed by atoms with E-state index in [-0.39, 0.29) is 38.1 Å². The van der Waals surface area contributed by atoms with E-state index in [1.165, 1.54) is 6.26 Å². The zero-order valence-corrected chi connectivity index (χ0v) is 24.3. The standard InChI is InChI=1S/C31H38N6O7/c32-28(40)22-9-4-14-33-29(41)23(16-19-6-2-1-3-7-19)36-31(43)25(18-21-8-5-15-44-21)37-30(42)24(17-20-10-11-20)35-27(39)13-12-26(38)34-22/h1-3,5-8,12-13,15,20,22-25H,4,9-11,14,16-18H2,(H2,32,40)(H,33,41)(H,34,38)(H,35,39)(H,36,43)(H,37,42)/b13-12+/t22-,23-,24-,25-/m0/s1. The number of hydrogen-bond acceptors (Lipinski definition) is 7. The summed E-state index contributed by atoms with van der Waals surface area (Å²) in [6.07, 6.45) is 6.11. The highest BCUT2D eigenvalue weighted by Crippen LogP contribution is 2.33. The van der Waals surface area contributed by atoms with Gasteiger partial charge < -0.3 is 36.7 Å². The average Bonchev–Trinajstić information content (AvgIpc) is 3.67. The van der Waals surface area contributed by atoms with E-state index in [9.17, 15) is 28.8 Å². The summed E-state index contributed by atoms with van der Waals surface area (Å²) in [4.78, 5) is 77.6. The van der Waals surface area contributed by atoms with Crippen LogP contribution >= 0.6 is 0 Å². The van der Waals surface area contributed by atoms with Gasteiger partial charge in [0.25, 0.3) is 0 Å². The molecule has 0 spiro atoms. The summed E-state index contributed by atoms with van der Waals surface area (Å²) in [5.74, 6) is -3.18. The Morgan fingerprint density at radius 3 is 2.05 bits per heavy atom. The summed E-state index contributed by atoms with van der Waals surface area (Å²) in [7, 11) is 0. The first-order valence-electron chi connectivity index (χ1n) is 14.7. The molecule has 1 fully saturated rings. The molecule has 1 saturated carbocycles. The molecule has 13 nitrogen and oxygen atoms in total.